The second kappa shape index (κ2) is 6.03. The van der Waals surface area contributed by atoms with E-state index in [2.05, 4.69) is 16.1 Å². The van der Waals surface area contributed by atoms with Gasteiger partial charge < -0.3 is 4.74 Å². The summed E-state index contributed by atoms with van der Waals surface area (Å²) in [5, 5.41) is 4.09. The Hall–Kier alpha value is -1.59. The summed E-state index contributed by atoms with van der Waals surface area (Å²) < 4.78 is 18.8. The molecule has 0 spiro atoms. The third kappa shape index (κ3) is 3.19. The van der Waals surface area contributed by atoms with E-state index in [0.717, 1.165) is 18.8 Å². The van der Waals surface area contributed by atoms with Crippen LogP contribution in [0.15, 0.2) is 30.0 Å². The maximum Gasteiger partial charge on any atom is 0.129 e. The Kier molecular flexibility index (Phi) is 4.12. The maximum atomic E-state index is 13.7. The molecule has 0 saturated carbocycles. The van der Waals surface area contributed by atoms with Gasteiger partial charge in [-0.3, -0.25) is 9.91 Å². The van der Waals surface area contributed by atoms with Gasteiger partial charge in [0.1, 0.15) is 11.6 Å². The lowest BCUT2D eigenvalue weighted by Gasteiger charge is -2.25. The summed E-state index contributed by atoms with van der Waals surface area (Å²) in [5.74, 6) is 0.263. The highest BCUT2D eigenvalue weighted by Gasteiger charge is 2.23. The summed E-state index contributed by atoms with van der Waals surface area (Å²) in [4.78, 5) is 2.48. The number of hydrazine groups is 1. The van der Waals surface area contributed by atoms with Crippen LogP contribution in [0.3, 0.4) is 0 Å². The zero-order valence-electron chi connectivity index (χ0n) is 12.7. The van der Waals surface area contributed by atoms with E-state index in [0.29, 0.717) is 5.75 Å². The lowest BCUT2D eigenvalue weighted by Crippen LogP contribution is -2.32. The molecule has 1 aromatic carbocycles. The van der Waals surface area contributed by atoms with E-state index in [1.165, 1.54) is 43.6 Å². The number of nitrogens with zero attached hydrogens (tertiary/aromatic N) is 3. The Morgan fingerprint density at radius 1 is 1.19 bits per heavy atom. The average Bonchev–Trinajstić information content (AvgIpc) is 3.08. The van der Waals surface area contributed by atoms with Crippen molar-refractivity contribution >= 4 is 5.69 Å². The minimum atomic E-state index is -0.279. The highest BCUT2D eigenvalue weighted by atomic mass is 19.1. The highest BCUT2D eigenvalue weighted by Crippen LogP contribution is 2.28. The average molecular weight is 291 g/mol. The van der Waals surface area contributed by atoms with Gasteiger partial charge in [0.05, 0.1) is 12.8 Å². The quantitative estimate of drug-likeness (QED) is 0.848. The molecule has 1 fully saturated rings. The summed E-state index contributed by atoms with van der Waals surface area (Å²) >= 11 is 0. The molecule has 4 nitrogen and oxygen atoms in total. The van der Waals surface area contributed by atoms with Gasteiger partial charge in [0.25, 0.3) is 0 Å². The number of likely N-dealkylation sites (N-methyl/N-ethyl adjacent to an activating group) is 1. The van der Waals surface area contributed by atoms with Crippen molar-refractivity contribution in [2.24, 2.45) is 0 Å². The number of methoxy groups -OCH3 is 1. The zero-order valence-corrected chi connectivity index (χ0v) is 12.7. The van der Waals surface area contributed by atoms with Crippen LogP contribution in [-0.4, -0.2) is 50.2 Å². The Balaban J connectivity index is 1.77. The number of rotatable bonds is 4. The van der Waals surface area contributed by atoms with Gasteiger partial charge in [-0.1, -0.05) is 0 Å². The SMILES string of the molecule is COc1cc(F)cc(N2C=C(CN3CCCC3)CN2C)c1. The molecule has 0 N–H and O–H groups in total. The van der Waals surface area contributed by atoms with E-state index < -0.39 is 0 Å². The molecule has 1 saturated heterocycles. The van der Waals surface area contributed by atoms with Gasteiger partial charge in [-0.15, -0.1) is 0 Å². The van der Waals surface area contributed by atoms with Crippen molar-refractivity contribution in [3.05, 3.63) is 35.8 Å². The van der Waals surface area contributed by atoms with Gasteiger partial charge in [-0.2, -0.15) is 0 Å². The molecule has 2 aliphatic heterocycles. The first-order valence-corrected chi connectivity index (χ1v) is 7.42. The van der Waals surface area contributed by atoms with E-state index >= 15 is 0 Å². The monoisotopic (exact) mass is 291 g/mol. The topological polar surface area (TPSA) is 19.0 Å². The van der Waals surface area contributed by atoms with E-state index in [9.17, 15) is 4.39 Å². The van der Waals surface area contributed by atoms with Crippen LogP contribution in [0.4, 0.5) is 10.1 Å². The Bertz CT molecular complexity index is 540. The van der Waals surface area contributed by atoms with Crippen molar-refractivity contribution in [3.8, 4) is 5.75 Å². The second-order valence-electron chi connectivity index (χ2n) is 5.78. The van der Waals surface area contributed by atoms with Crippen molar-refractivity contribution in [2.75, 3.05) is 45.3 Å². The number of likely N-dealkylation sites (tertiary alicyclic amines) is 1. The molecule has 5 heteroatoms. The van der Waals surface area contributed by atoms with E-state index in [-0.39, 0.29) is 5.82 Å². The smallest absolute Gasteiger partial charge is 0.129 e. The van der Waals surface area contributed by atoms with Crippen molar-refractivity contribution in [1.82, 2.24) is 9.91 Å². The van der Waals surface area contributed by atoms with E-state index in [1.54, 1.807) is 7.11 Å². The van der Waals surface area contributed by atoms with Gasteiger partial charge >= 0.3 is 0 Å². The molecule has 0 amide bonds. The number of benzene rings is 1. The van der Waals surface area contributed by atoms with Gasteiger partial charge in [0, 0.05) is 38.5 Å². The molecule has 2 aliphatic rings. The van der Waals surface area contributed by atoms with Crippen LogP contribution >= 0.6 is 0 Å². The summed E-state index contributed by atoms with van der Waals surface area (Å²) in [6.45, 7) is 4.27. The molecule has 0 aliphatic carbocycles. The van der Waals surface area contributed by atoms with Crippen LogP contribution in [0, 0.1) is 5.82 Å². The van der Waals surface area contributed by atoms with Crippen LogP contribution < -0.4 is 9.75 Å². The molecule has 114 valence electrons. The fraction of sp³-hybridized carbons (Fsp3) is 0.500. The molecule has 0 aromatic heterocycles. The van der Waals surface area contributed by atoms with E-state index in [4.69, 9.17) is 4.74 Å². The van der Waals surface area contributed by atoms with Gasteiger partial charge in [0.2, 0.25) is 0 Å². The third-order valence-electron chi connectivity index (χ3n) is 4.09. The van der Waals surface area contributed by atoms with Crippen molar-refractivity contribution in [3.63, 3.8) is 0 Å². The lowest BCUT2D eigenvalue weighted by atomic mass is 10.2. The fourth-order valence-corrected chi connectivity index (χ4v) is 3.07. The normalized spacial score (nSPS) is 20.1. The van der Waals surface area contributed by atoms with Crippen LogP contribution in [0.25, 0.3) is 0 Å². The van der Waals surface area contributed by atoms with Gasteiger partial charge in [0.15, 0.2) is 0 Å². The minimum absolute atomic E-state index is 0.279. The Morgan fingerprint density at radius 2 is 1.95 bits per heavy atom. The standard InChI is InChI=1S/C16H22FN3O/c1-18-10-13(11-19-5-3-4-6-19)12-20(18)15-7-14(17)8-16(9-15)21-2/h7-9,12H,3-6,10-11H2,1-2H3. The number of hydrogen-bond acceptors (Lipinski definition) is 4. The third-order valence-corrected chi connectivity index (χ3v) is 4.09. The molecule has 0 radical (unpaired) electrons. The second-order valence-corrected chi connectivity index (χ2v) is 5.78. The predicted molar refractivity (Wildman–Crippen MR) is 81.8 cm³/mol. The zero-order chi connectivity index (χ0) is 14.8. The maximum absolute atomic E-state index is 13.7. The summed E-state index contributed by atoms with van der Waals surface area (Å²) in [6, 6.07) is 4.79. The molecule has 21 heavy (non-hydrogen) atoms. The van der Waals surface area contributed by atoms with Gasteiger partial charge in [-0.25, -0.2) is 9.40 Å². The van der Waals surface area contributed by atoms with Crippen molar-refractivity contribution < 1.29 is 9.13 Å². The summed E-state index contributed by atoms with van der Waals surface area (Å²) in [6.07, 6.45) is 4.72. The molecule has 0 unspecified atom stereocenters. The number of halogens is 1. The highest BCUT2D eigenvalue weighted by molar-refractivity contribution is 5.54. The van der Waals surface area contributed by atoms with Crippen molar-refractivity contribution in [2.45, 2.75) is 12.8 Å². The predicted octanol–water partition coefficient (Wildman–Crippen LogP) is 2.48. The molecule has 2 heterocycles. The molecule has 1 aromatic rings. The van der Waals surface area contributed by atoms with Gasteiger partial charge in [-0.05, 0) is 37.6 Å². The van der Waals surface area contributed by atoms with Crippen LogP contribution in [0.2, 0.25) is 0 Å². The first-order valence-electron chi connectivity index (χ1n) is 7.42. The number of hydrogen-bond donors (Lipinski definition) is 0. The van der Waals surface area contributed by atoms with E-state index in [1.807, 2.05) is 18.1 Å². The van der Waals surface area contributed by atoms with Crippen molar-refractivity contribution in [1.29, 1.82) is 0 Å². The van der Waals surface area contributed by atoms with Crippen LogP contribution in [0.1, 0.15) is 12.8 Å². The van der Waals surface area contributed by atoms with Crippen LogP contribution in [-0.2, 0) is 0 Å². The molecule has 0 atom stereocenters. The molecular weight excluding hydrogens is 269 g/mol. The summed E-state index contributed by atoms with van der Waals surface area (Å²) in [7, 11) is 3.58. The summed E-state index contributed by atoms with van der Waals surface area (Å²) in [5.41, 5.74) is 2.16. The number of ether oxygens (including phenoxy) is 1. The van der Waals surface area contributed by atoms with Crippen LogP contribution in [0.5, 0.6) is 5.75 Å². The largest absolute Gasteiger partial charge is 0.497 e. The first-order chi connectivity index (χ1) is 10.2. The minimum Gasteiger partial charge on any atom is -0.497 e. The lowest BCUT2D eigenvalue weighted by molar-refractivity contribution is 0.347. The fourth-order valence-electron chi connectivity index (χ4n) is 3.07. The Morgan fingerprint density at radius 3 is 2.67 bits per heavy atom. The molecule has 3 rings (SSSR count). The molecular formula is C16H22FN3O. The number of anilines is 1. The first kappa shape index (κ1) is 14.4. The molecule has 0 bridgehead atoms. The Labute approximate surface area is 125 Å².